The first-order valence-corrected chi connectivity index (χ1v) is 7.59. The number of carbonyl (C=O) groups excluding carboxylic acids is 1. The number of hydrogen-bond acceptors (Lipinski definition) is 3. The molecule has 1 fully saturated rings. The van der Waals surface area contributed by atoms with Crippen molar-refractivity contribution >= 4 is 22.5 Å². The third-order valence-electron chi connectivity index (χ3n) is 4.28. The van der Waals surface area contributed by atoms with Gasteiger partial charge in [0.2, 0.25) is 5.91 Å². The first-order valence-electron chi connectivity index (χ1n) is 7.59. The summed E-state index contributed by atoms with van der Waals surface area (Å²) in [4.78, 5) is 16.6. The van der Waals surface area contributed by atoms with Crippen molar-refractivity contribution in [1.82, 2.24) is 4.98 Å². The van der Waals surface area contributed by atoms with Gasteiger partial charge in [-0.2, -0.15) is 0 Å². The number of rotatable bonds is 3. The van der Waals surface area contributed by atoms with Gasteiger partial charge in [-0.25, -0.2) is 0 Å². The summed E-state index contributed by atoms with van der Waals surface area (Å²) in [6.07, 6.45) is 7.52. The molecule has 0 aliphatic heterocycles. The molecule has 1 heterocycles. The van der Waals surface area contributed by atoms with Gasteiger partial charge in [0.05, 0.1) is 11.2 Å². The van der Waals surface area contributed by atoms with E-state index < -0.39 is 0 Å². The van der Waals surface area contributed by atoms with E-state index in [1.165, 1.54) is 6.42 Å². The third-order valence-corrected chi connectivity index (χ3v) is 4.28. The number of aromatic nitrogens is 1. The van der Waals surface area contributed by atoms with Gasteiger partial charge in [0.15, 0.2) is 0 Å². The van der Waals surface area contributed by atoms with Gasteiger partial charge in [-0.3, -0.25) is 9.78 Å². The summed E-state index contributed by atoms with van der Waals surface area (Å²) in [6.45, 7) is 0. The van der Waals surface area contributed by atoms with E-state index in [2.05, 4.69) is 10.3 Å². The zero-order valence-electron chi connectivity index (χ0n) is 12.1. The molecule has 3 N–H and O–H groups in total. The van der Waals surface area contributed by atoms with Crippen LogP contribution in [0, 0.1) is 0 Å². The zero-order valence-corrected chi connectivity index (χ0v) is 12.1. The second kappa shape index (κ2) is 5.82. The Bertz CT molecular complexity index is 642. The maximum absolute atomic E-state index is 12.3. The Morgan fingerprint density at radius 3 is 2.81 bits per heavy atom. The van der Waals surface area contributed by atoms with Crippen molar-refractivity contribution in [2.75, 3.05) is 5.32 Å². The van der Waals surface area contributed by atoms with Gasteiger partial charge >= 0.3 is 0 Å². The summed E-state index contributed by atoms with van der Waals surface area (Å²) in [7, 11) is 0. The molecular weight excluding hydrogens is 262 g/mol. The van der Waals surface area contributed by atoms with Crippen molar-refractivity contribution in [1.29, 1.82) is 0 Å². The van der Waals surface area contributed by atoms with Crippen molar-refractivity contribution in [2.24, 2.45) is 5.73 Å². The van der Waals surface area contributed by atoms with E-state index in [-0.39, 0.29) is 11.4 Å². The van der Waals surface area contributed by atoms with Gasteiger partial charge in [-0.15, -0.1) is 0 Å². The molecule has 1 saturated carbocycles. The van der Waals surface area contributed by atoms with Gasteiger partial charge in [-0.05, 0) is 37.1 Å². The van der Waals surface area contributed by atoms with E-state index in [0.717, 1.165) is 42.3 Å². The quantitative estimate of drug-likeness (QED) is 0.908. The highest BCUT2D eigenvalue weighted by molar-refractivity contribution is 6.01. The number of nitrogens with one attached hydrogen (secondary N) is 1. The molecular formula is C17H21N3O. The molecule has 1 aliphatic carbocycles. The van der Waals surface area contributed by atoms with Crippen LogP contribution in [0.5, 0.6) is 0 Å². The fourth-order valence-corrected chi connectivity index (χ4v) is 3.16. The van der Waals surface area contributed by atoms with E-state index in [0.29, 0.717) is 6.42 Å². The Labute approximate surface area is 124 Å². The standard InChI is InChI=1S/C17H21N3O/c18-17(9-2-1-3-10-17)12-16(21)20-15-8-4-7-14-13(15)6-5-11-19-14/h4-8,11H,1-3,9-10,12,18H2,(H,20,21). The Hall–Kier alpha value is -1.94. The van der Waals surface area contributed by atoms with E-state index in [1.807, 2.05) is 30.3 Å². The summed E-state index contributed by atoms with van der Waals surface area (Å²) in [5, 5.41) is 3.96. The number of amides is 1. The molecule has 0 radical (unpaired) electrons. The minimum absolute atomic E-state index is 0.00393. The number of pyridine rings is 1. The molecule has 0 atom stereocenters. The van der Waals surface area contributed by atoms with Crippen LogP contribution in [-0.4, -0.2) is 16.4 Å². The largest absolute Gasteiger partial charge is 0.325 e. The molecule has 1 aromatic carbocycles. The highest BCUT2D eigenvalue weighted by Gasteiger charge is 2.30. The van der Waals surface area contributed by atoms with Crippen LogP contribution in [-0.2, 0) is 4.79 Å². The SMILES string of the molecule is NC1(CC(=O)Nc2cccc3ncccc23)CCCCC1. The zero-order chi connectivity index (χ0) is 14.7. The molecule has 0 spiro atoms. The maximum Gasteiger partial charge on any atom is 0.226 e. The molecule has 21 heavy (non-hydrogen) atoms. The van der Waals surface area contributed by atoms with E-state index in [4.69, 9.17) is 5.73 Å². The van der Waals surface area contributed by atoms with Crippen LogP contribution in [0.1, 0.15) is 38.5 Å². The monoisotopic (exact) mass is 283 g/mol. The predicted octanol–water partition coefficient (Wildman–Crippen LogP) is 3.23. The molecule has 0 bridgehead atoms. The van der Waals surface area contributed by atoms with Gasteiger partial charge in [0.25, 0.3) is 0 Å². The second-order valence-corrected chi connectivity index (χ2v) is 6.02. The lowest BCUT2D eigenvalue weighted by molar-refractivity contribution is -0.117. The Morgan fingerprint density at radius 1 is 1.19 bits per heavy atom. The lowest BCUT2D eigenvalue weighted by Gasteiger charge is -2.32. The Morgan fingerprint density at radius 2 is 2.00 bits per heavy atom. The molecule has 4 heteroatoms. The normalized spacial score (nSPS) is 17.6. The molecule has 110 valence electrons. The van der Waals surface area contributed by atoms with Crippen molar-refractivity contribution in [3.05, 3.63) is 36.5 Å². The van der Waals surface area contributed by atoms with Crippen molar-refractivity contribution in [3.63, 3.8) is 0 Å². The summed E-state index contributed by atoms with van der Waals surface area (Å²) in [5.74, 6) is -0.00393. The molecule has 4 nitrogen and oxygen atoms in total. The highest BCUT2D eigenvalue weighted by atomic mass is 16.1. The first-order chi connectivity index (χ1) is 10.2. The molecule has 0 saturated heterocycles. The van der Waals surface area contributed by atoms with E-state index in [1.54, 1.807) is 6.20 Å². The van der Waals surface area contributed by atoms with Crippen LogP contribution in [0.4, 0.5) is 5.69 Å². The van der Waals surface area contributed by atoms with E-state index in [9.17, 15) is 4.79 Å². The third kappa shape index (κ3) is 3.22. The van der Waals surface area contributed by atoms with Crippen LogP contribution in [0.25, 0.3) is 10.9 Å². The molecule has 0 unspecified atom stereocenters. The van der Waals surface area contributed by atoms with E-state index >= 15 is 0 Å². The number of benzene rings is 1. The molecule has 1 amide bonds. The predicted molar refractivity (Wildman–Crippen MR) is 85.0 cm³/mol. The van der Waals surface area contributed by atoms with Crippen LogP contribution < -0.4 is 11.1 Å². The minimum Gasteiger partial charge on any atom is -0.325 e. The van der Waals surface area contributed by atoms with Crippen LogP contribution >= 0.6 is 0 Å². The topological polar surface area (TPSA) is 68.0 Å². The minimum atomic E-state index is -0.328. The van der Waals surface area contributed by atoms with Gasteiger partial charge in [-0.1, -0.05) is 25.3 Å². The van der Waals surface area contributed by atoms with Crippen molar-refractivity contribution in [3.8, 4) is 0 Å². The fourth-order valence-electron chi connectivity index (χ4n) is 3.16. The summed E-state index contributed by atoms with van der Waals surface area (Å²) >= 11 is 0. The number of nitrogens with two attached hydrogens (primary N) is 1. The number of anilines is 1. The lowest BCUT2D eigenvalue weighted by Crippen LogP contribution is -2.44. The van der Waals surface area contributed by atoms with Gasteiger partial charge in [0, 0.05) is 23.5 Å². The highest BCUT2D eigenvalue weighted by Crippen LogP contribution is 2.29. The Balaban J connectivity index is 1.74. The van der Waals surface area contributed by atoms with Crippen molar-refractivity contribution < 1.29 is 4.79 Å². The summed E-state index contributed by atoms with van der Waals surface area (Å²) in [6, 6.07) is 9.60. The number of hydrogen-bond donors (Lipinski definition) is 2. The van der Waals surface area contributed by atoms with Crippen molar-refractivity contribution in [2.45, 2.75) is 44.1 Å². The van der Waals surface area contributed by atoms with Crippen LogP contribution in [0.15, 0.2) is 36.5 Å². The van der Waals surface area contributed by atoms with Gasteiger partial charge in [0.1, 0.15) is 0 Å². The maximum atomic E-state index is 12.3. The second-order valence-electron chi connectivity index (χ2n) is 6.02. The van der Waals surface area contributed by atoms with Gasteiger partial charge < -0.3 is 11.1 Å². The van der Waals surface area contributed by atoms with Crippen LogP contribution in [0.2, 0.25) is 0 Å². The molecule has 3 rings (SSSR count). The Kier molecular flexibility index (Phi) is 3.88. The average molecular weight is 283 g/mol. The smallest absolute Gasteiger partial charge is 0.226 e. The lowest BCUT2D eigenvalue weighted by atomic mass is 9.80. The average Bonchev–Trinajstić information content (AvgIpc) is 2.48. The first kappa shape index (κ1) is 14.0. The summed E-state index contributed by atoms with van der Waals surface area (Å²) in [5.41, 5.74) is 7.72. The fraction of sp³-hybridized carbons (Fsp3) is 0.412. The summed E-state index contributed by atoms with van der Waals surface area (Å²) < 4.78 is 0. The van der Waals surface area contributed by atoms with Crippen LogP contribution in [0.3, 0.4) is 0 Å². The number of nitrogens with zero attached hydrogens (tertiary/aromatic N) is 1. The number of carbonyl (C=O) groups is 1. The number of fused-ring (bicyclic) bond motifs is 1. The molecule has 1 aliphatic rings. The molecule has 1 aromatic heterocycles. The molecule has 2 aromatic rings.